The van der Waals surface area contributed by atoms with Crippen LogP contribution in [-0.2, 0) is 4.79 Å². The van der Waals surface area contributed by atoms with Crippen molar-refractivity contribution in [3.8, 4) is 0 Å². The predicted octanol–water partition coefficient (Wildman–Crippen LogP) is 1.24. The molecular formula is C11H15NO2. The molecule has 76 valence electrons. The number of hydrogen-bond acceptors (Lipinski definition) is 2. The molecule has 1 aromatic rings. The molecule has 0 aliphatic rings. The lowest BCUT2D eigenvalue weighted by molar-refractivity contribution is -0.129. The molecule has 0 saturated heterocycles. The quantitative estimate of drug-likeness (QED) is 0.759. The maximum atomic E-state index is 11.2. The monoisotopic (exact) mass is 193 g/mol. The van der Waals surface area contributed by atoms with E-state index in [-0.39, 0.29) is 11.9 Å². The molecule has 3 heteroatoms. The molecule has 14 heavy (non-hydrogen) atoms. The summed E-state index contributed by atoms with van der Waals surface area (Å²) in [4.78, 5) is 11.2. The molecule has 1 rings (SSSR count). The molecule has 0 aromatic heterocycles. The number of aliphatic hydroxyl groups is 1. The Kier molecular flexibility index (Phi) is 3.65. The molecule has 2 atom stereocenters. The third-order valence-electron chi connectivity index (χ3n) is 2.04. The Morgan fingerprint density at radius 2 is 1.86 bits per heavy atom. The zero-order valence-corrected chi connectivity index (χ0v) is 8.40. The molecule has 0 unspecified atom stereocenters. The molecule has 0 saturated carbocycles. The SMILES string of the molecule is C[C@H](NC(=O)[C@@H](C)O)c1ccccc1. The van der Waals surface area contributed by atoms with Crippen LogP contribution in [0.5, 0.6) is 0 Å². The van der Waals surface area contributed by atoms with Gasteiger partial charge in [0, 0.05) is 0 Å². The summed E-state index contributed by atoms with van der Waals surface area (Å²) < 4.78 is 0. The zero-order chi connectivity index (χ0) is 10.6. The first-order valence-electron chi connectivity index (χ1n) is 4.64. The first kappa shape index (κ1) is 10.7. The Morgan fingerprint density at radius 3 is 2.36 bits per heavy atom. The highest BCUT2D eigenvalue weighted by Gasteiger charge is 2.12. The van der Waals surface area contributed by atoms with E-state index in [1.807, 2.05) is 37.3 Å². The number of rotatable bonds is 3. The van der Waals surface area contributed by atoms with Crippen LogP contribution in [0.3, 0.4) is 0 Å². The molecule has 2 N–H and O–H groups in total. The van der Waals surface area contributed by atoms with E-state index < -0.39 is 6.10 Å². The maximum absolute atomic E-state index is 11.2. The number of aliphatic hydroxyl groups excluding tert-OH is 1. The number of hydrogen-bond donors (Lipinski definition) is 2. The topological polar surface area (TPSA) is 49.3 Å². The van der Waals surface area contributed by atoms with Crippen LogP contribution in [0.4, 0.5) is 0 Å². The number of carbonyl (C=O) groups is 1. The van der Waals surface area contributed by atoms with Gasteiger partial charge in [0.1, 0.15) is 6.10 Å². The van der Waals surface area contributed by atoms with E-state index in [9.17, 15) is 4.79 Å². The van der Waals surface area contributed by atoms with Crippen molar-refractivity contribution in [2.24, 2.45) is 0 Å². The molecule has 0 heterocycles. The molecule has 0 aliphatic carbocycles. The minimum absolute atomic E-state index is 0.0710. The van der Waals surface area contributed by atoms with Gasteiger partial charge in [-0.3, -0.25) is 4.79 Å². The summed E-state index contributed by atoms with van der Waals surface area (Å²) in [5, 5.41) is 11.7. The van der Waals surface area contributed by atoms with Crippen molar-refractivity contribution in [1.82, 2.24) is 5.32 Å². The Bertz CT molecular complexity index is 295. The Hall–Kier alpha value is -1.35. The molecule has 0 aliphatic heterocycles. The highest BCUT2D eigenvalue weighted by molar-refractivity contribution is 5.80. The third kappa shape index (κ3) is 2.85. The smallest absolute Gasteiger partial charge is 0.249 e. The van der Waals surface area contributed by atoms with E-state index in [2.05, 4.69) is 5.32 Å². The van der Waals surface area contributed by atoms with E-state index in [1.165, 1.54) is 6.92 Å². The van der Waals surface area contributed by atoms with E-state index in [4.69, 9.17) is 5.11 Å². The lowest BCUT2D eigenvalue weighted by Gasteiger charge is -2.15. The van der Waals surface area contributed by atoms with Gasteiger partial charge in [-0.1, -0.05) is 30.3 Å². The molecule has 1 amide bonds. The van der Waals surface area contributed by atoms with Crippen LogP contribution in [0.15, 0.2) is 30.3 Å². The summed E-state index contributed by atoms with van der Waals surface area (Å²) in [7, 11) is 0. The Balaban J connectivity index is 2.59. The van der Waals surface area contributed by atoms with Gasteiger partial charge in [-0.2, -0.15) is 0 Å². The average Bonchev–Trinajstić information content (AvgIpc) is 2.19. The zero-order valence-electron chi connectivity index (χ0n) is 8.40. The molecule has 0 fully saturated rings. The predicted molar refractivity (Wildman–Crippen MR) is 54.7 cm³/mol. The summed E-state index contributed by atoms with van der Waals surface area (Å²) in [5.74, 6) is -0.346. The van der Waals surface area contributed by atoms with Gasteiger partial charge >= 0.3 is 0 Å². The summed E-state index contributed by atoms with van der Waals surface area (Å²) in [5.41, 5.74) is 1.03. The highest BCUT2D eigenvalue weighted by Crippen LogP contribution is 2.10. The molecule has 0 radical (unpaired) electrons. The third-order valence-corrected chi connectivity index (χ3v) is 2.04. The molecule has 0 spiro atoms. The van der Waals surface area contributed by atoms with Gasteiger partial charge in [0.25, 0.3) is 0 Å². The standard InChI is InChI=1S/C11H15NO2/c1-8(12-11(14)9(2)13)10-6-4-3-5-7-10/h3-9,13H,1-2H3,(H,12,14)/t8-,9+/m0/s1. The fraction of sp³-hybridized carbons (Fsp3) is 0.364. The van der Waals surface area contributed by atoms with E-state index in [0.29, 0.717) is 0 Å². The van der Waals surface area contributed by atoms with Crippen LogP contribution >= 0.6 is 0 Å². The van der Waals surface area contributed by atoms with Gasteiger partial charge in [0.05, 0.1) is 6.04 Å². The Morgan fingerprint density at radius 1 is 1.29 bits per heavy atom. The molecule has 1 aromatic carbocycles. The maximum Gasteiger partial charge on any atom is 0.249 e. The van der Waals surface area contributed by atoms with Crippen molar-refractivity contribution >= 4 is 5.91 Å². The van der Waals surface area contributed by atoms with Crippen LogP contribution < -0.4 is 5.32 Å². The Labute approximate surface area is 83.8 Å². The highest BCUT2D eigenvalue weighted by atomic mass is 16.3. The van der Waals surface area contributed by atoms with Crippen molar-refractivity contribution in [3.63, 3.8) is 0 Å². The second kappa shape index (κ2) is 4.77. The first-order valence-corrected chi connectivity index (χ1v) is 4.64. The number of benzene rings is 1. The summed E-state index contributed by atoms with van der Waals surface area (Å²) >= 11 is 0. The summed E-state index contributed by atoms with van der Waals surface area (Å²) in [6, 6.07) is 9.56. The number of nitrogens with one attached hydrogen (secondary N) is 1. The largest absolute Gasteiger partial charge is 0.384 e. The summed E-state index contributed by atoms with van der Waals surface area (Å²) in [6.45, 7) is 3.34. The first-order chi connectivity index (χ1) is 6.61. The van der Waals surface area contributed by atoms with Gasteiger partial charge in [0.2, 0.25) is 5.91 Å². The fourth-order valence-electron chi connectivity index (χ4n) is 1.16. The molecular weight excluding hydrogens is 178 g/mol. The molecule has 3 nitrogen and oxygen atoms in total. The van der Waals surface area contributed by atoms with Crippen molar-refractivity contribution < 1.29 is 9.90 Å². The van der Waals surface area contributed by atoms with Gasteiger partial charge in [0.15, 0.2) is 0 Å². The van der Waals surface area contributed by atoms with Crippen LogP contribution in [0.1, 0.15) is 25.5 Å². The lowest BCUT2D eigenvalue weighted by atomic mass is 10.1. The van der Waals surface area contributed by atoms with Crippen LogP contribution in [0, 0.1) is 0 Å². The lowest BCUT2D eigenvalue weighted by Crippen LogP contribution is -2.34. The van der Waals surface area contributed by atoms with Crippen molar-refractivity contribution in [3.05, 3.63) is 35.9 Å². The molecule has 0 bridgehead atoms. The van der Waals surface area contributed by atoms with E-state index >= 15 is 0 Å². The van der Waals surface area contributed by atoms with Crippen molar-refractivity contribution in [2.75, 3.05) is 0 Å². The van der Waals surface area contributed by atoms with Crippen LogP contribution in [-0.4, -0.2) is 17.1 Å². The number of amides is 1. The van der Waals surface area contributed by atoms with E-state index in [0.717, 1.165) is 5.56 Å². The fourth-order valence-corrected chi connectivity index (χ4v) is 1.16. The van der Waals surface area contributed by atoms with Crippen LogP contribution in [0.25, 0.3) is 0 Å². The van der Waals surface area contributed by atoms with Crippen molar-refractivity contribution in [2.45, 2.75) is 26.0 Å². The van der Waals surface area contributed by atoms with Gasteiger partial charge < -0.3 is 10.4 Å². The number of carbonyl (C=O) groups excluding carboxylic acids is 1. The van der Waals surface area contributed by atoms with Crippen LogP contribution in [0.2, 0.25) is 0 Å². The van der Waals surface area contributed by atoms with Gasteiger partial charge in [-0.05, 0) is 19.4 Å². The normalized spacial score (nSPS) is 14.5. The minimum Gasteiger partial charge on any atom is -0.384 e. The second-order valence-corrected chi connectivity index (χ2v) is 3.32. The van der Waals surface area contributed by atoms with Gasteiger partial charge in [-0.15, -0.1) is 0 Å². The van der Waals surface area contributed by atoms with E-state index in [1.54, 1.807) is 0 Å². The van der Waals surface area contributed by atoms with Gasteiger partial charge in [-0.25, -0.2) is 0 Å². The summed E-state index contributed by atoms with van der Waals surface area (Å²) in [6.07, 6.45) is -0.957. The minimum atomic E-state index is -0.957. The second-order valence-electron chi connectivity index (χ2n) is 3.32. The average molecular weight is 193 g/mol. The van der Waals surface area contributed by atoms with Crippen molar-refractivity contribution in [1.29, 1.82) is 0 Å².